The number of benzene rings is 1. The van der Waals surface area contributed by atoms with Gasteiger partial charge in [0.2, 0.25) is 15.9 Å². The van der Waals surface area contributed by atoms with E-state index in [4.69, 9.17) is 0 Å². The molecule has 1 atom stereocenters. The smallest absolute Gasteiger partial charge is 0.243 e. The van der Waals surface area contributed by atoms with Gasteiger partial charge in [-0.3, -0.25) is 4.79 Å². The van der Waals surface area contributed by atoms with Crippen LogP contribution in [0, 0.1) is 33.6 Å². The third kappa shape index (κ3) is 4.51. The molecule has 1 aliphatic heterocycles. The monoisotopic (exact) mass is 419 g/mol. The Morgan fingerprint density at radius 3 is 2.28 bits per heavy atom. The van der Waals surface area contributed by atoms with Gasteiger partial charge in [-0.25, -0.2) is 18.1 Å². The van der Waals surface area contributed by atoms with E-state index in [2.05, 4.69) is 10.1 Å². The molecule has 1 aromatic heterocycles. The van der Waals surface area contributed by atoms with E-state index in [9.17, 15) is 13.2 Å². The second kappa shape index (κ2) is 8.23. The zero-order valence-electron chi connectivity index (χ0n) is 17.7. The third-order valence-electron chi connectivity index (χ3n) is 5.50. The molecule has 3 rings (SSSR count). The lowest BCUT2D eigenvalue weighted by Crippen LogP contribution is -2.52. The van der Waals surface area contributed by atoms with Crippen LogP contribution in [0.1, 0.15) is 29.7 Å². The molecule has 2 aromatic rings. The zero-order chi connectivity index (χ0) is 21.3. The summed E-state index contributed by atoms with van der Waals surface area (Å²) in [6.07, 6.45) is 0. The Balaban J connectivity index is 1.62. The lowest BCUT2D eigenvalue weighted by Gasteiger charge is -2.35. The first-order valence-electron chi connectivity index (χ1n) is 9.84. The number of amides is 1. The van der Waals surface area contributed by atoms with Crippen LogP contribution in [0.2, 0.25) is 0 Å². The van der Waals surface area contributed by atoms with Crippen LogP contribution in [-0.4, -0.2) is 64.5 Å². The van der Waals surface area contributed by atoms with E-state index in [1.165, 1.54) is 4.31 Å². The molecule has 0 aliphatic carbocycles. The van der Waals surface area contributed by atoms with Crippen molar-refractivity contribution < 1.29 is 13.2 Å². The number of aromatic nitrogens is 3. The molecule has 0 radical (unpaired) electrons. The van der Waals surface area contributed by atoms with Crippen LogP contribution in [0.15, 0.2) is 23.1 Å². The third-order valence-corrected chi connectivity index (χ3v) is 7.39. The highest BCUT2D eigenvalue weighted by Gasteiger charge is 2.31. The fourth-order valence-electron chi connectivity index (χ4n) is 3.56. The lowest BCUT2D eigenvalue weighted by atomic mass is 10.1. The summed E-state index contributed by atoms with van der Waals surface area (Å²) in [6.45, 7) is 11.3. The predicted molar refractivity (Wildman–Crippen MR) is 110 cm³/mol. The summed E-state index contributed by atoms with van der Waals surface area (Å²) in [5, 5.41) is 4.32. The molecule has 0 N–H and O–H groups in total. The molecule has 0 saturated carbocycles. The number of piperazine rings is 1. The van der Waals surface area contributed by atoms with Crippen molar-refractivity contribution >= 4 is 15.9 Å². The number of hydrogen-bond acceptors (Lipinski definition) is 5. The standard InChI is InChI=1S/C20H29N5O3S/c1-14-6-7-19(12-15(14)2)29(27,28)24-10-8-23(9-11-24)20(26)16(3)13-25-18(5)21-17(4)22-25/h6-7,12,16H,8-11,13H2,1-5H3. The largest absolute Gasteiger partial charge is 0.340 e. The summed E-state index contributed by atoms with van der Waals surface area (Å²) >= 11 is 0. The van der Waals surface area contributed by atoms with Gasteiger partial charge in [-0.1, -0.05) is 13.0 Å². The molecule has 29 heavy (non-hydrogen) atoms. The van der Waals surface area contributed by atoms with Crippen molar-refractivity contribution in [3.63, 3.8) is 0 Å². The maximum absolute atomic E-state index is 12.9. The van der Waals surface area contributed by atoms with Gasteiger partial charge in [-0.2, -0.15) is 9.40 Å². The SMILES string of the molecule is Cc1nc(C)n(CC(C)C(=O)N2CCN(S(=O)(=O)c3ccc(C)c(C)c3)CC2)n1. The quantitative estimate of drug-likeness (QED) is 0.736. The molecule has 1 saturated heterocycles. The van der Waals surface area contributed by atoms with Gasteiger partial charge in [-0.15, -0.1) is 0 Å². The van der Waals surface area contributed by atoms with Gasteiger partial charge in [0.15, 0.2) is 0 Å². The highest BCUT2D eigenvalue weighted by molar-refractivity contribution is 7.89. The summed E-state index contributed by atoms with van der Waals surface area (Å²) in [4.78, 5) is 19.1. The van der Waals surface area contributed by atoms with Crippen LogP contribution in [0.4, 0.5) is 0 Å². The van der Waals surface area contributed by atoms with Crippen LogP contribution in [0.5, 0.6) is 0 Å². The van der Waals surface area contributed by atoms with Crippen molar-refractivity contribution in [2.24, 2.45) is 5.92 Å². The average Bonchev–Trinajstić information content (AvgIpc) is 3.00. The molecule has 8 nitrogen and oxygen atoms in total. The number of carbonyl (C=O) groups excluding carboxylic acids is 1. The van der Waals surface area contributed by atoms with E-state index in [1.54, 1.807) is 21.7 Å². The van der Waals surface area contributed by atoms with Gasteiger partial charge < -0.3 is 4.90 Å². The Morgan fingerprint density at radius 1 is 1.07 bits per heavy atom. The number of nitrogens with zero attached hydrogens (tertiary/aromatic N) is 5. The summed E-state index contributed by atoms with van der Waals surface area (Å²) in [5.41, 5.74) is 2.01. The average molecular weight is 420 g/mol. The zero-order valence-corrected chi connectivity index (χ0v) is 18.5. The Hall–Kier alpha value is -2.26. The Bertz CT molecular complexity index is 1010. The van der Waals surface area contributed by atoms with Gasteiger partial charge in [0.1, 0.15) is 11.6 Å². The minimum Gasteiger partial charge on any atom is -0.340 e. The predicted octanol–water partition coefficient (Wildman–Crippen LogP) is 1.68. The van der Waals surface area contributed by atoms with E-state index < -0.39 is 10.0 Å². The van der Waals surface area contributed by atoms with Crippen molar-refractivity contribution in [3.8, 4) is 0 Å². The fourth-order valence-corrected chi connectivity index (χ4v) is 5.06. The van der Waals surface area contributed by atoms with Gasteiger partial charge in [0.25, 0.3) is 0 Å². The molecule has 1 amide bonds. The second-order valence-corrected chi connectivity index (χ2v) is 9.70. The molecule has 158 valence electrons. The summed E-state index contributed by atoms with van der Waals surface area (Å²) in [5.74, 6) is 1.23. The van der Waals surface area contributed by atoms with E-state index in [0.29, 0.717) is 43.4 Å². The van der Waals surface area contributed by atoms with Gasteiger partial charge in [0, 0.05) is 26.2 Å². The molecule has 0 bridgehead atoms. The van der Waals surface area contributed by atoms with Crippen LogP contribution in [-0.2, 0) is 21.4 Å². The fraction of sp³-hybridized carbons (Fsp3) is 0.550. The molecule has 1 aromatic carbocycles. The number of carbonyl (C=O) groups is 1. The van der Waals surface area contributed by atoms with Gasteiger partial charge in [-0.05, 0) is 51.0 Å². The Morgan fingerprint density at radius 2 is 1.72 bits per heavy atom. The molecule has 1 fully saturated rings. The molecular formula is C20H29N5O3S. The number of sulfonamides is 1. The molecule has 1 aliphatic rings. The normalized spacial score (nSPS) is 16.8. The summed E-state index contributed by atoms with van der Waals surface area (Å²) < 4.78 is 29.1. The van der Waals surface area contributed by atoms with Gasteiger partial charge in [0.05, 0.1) is 17.4 Å². The number of rotatable bonds is 5. The number of aryl methyl sites for hydroxylation is 4. The van der Waals surface area contributed by atoms with Crippen molar-refractivity contribution in [1.82, 2.24) is 24.0 Å². The molecule has 0 spiro atoms. The van der Waals surface area contributed by atoms with Crippen molar-refractivity contribution in [1.29, 1.82) is 0 Å². The maximum atomic E-state index is 12.9. The van der Waals surface area contributed by atoms with E-state index in [0.717, 1.165) is 17.0 Å². The highest BCUT2D eigenvalue weighted by atomic mass is 32.2. The first-order chi connectivity index (χ1) is 13.6. The van der Waals surface area contributed by atoms with Crippen LogP contribution in [0.3, 0.4) is 0 Å². The maximum Gasteiger partial charge on any atom is 0.243 e. The van der Waals surface area contributed by atoms with E-state index in [1.807, 2.05) is 40.7 Å². The topological polar surface area (TPSA) is 88.4 Å². The Kier molecular flexibility index (Phi) is 6.09. The molecule has 2 heterocycles. The second-order valence-electron chi connectivity index (χ2n) is 7.76. The van der Waals surface area contributed by atoms with Crippen LogP contribution in [0.25, 0.3) is 0 Å². The summed E-state index contributed by atoms with van der Waals surface area (Å²) in [6, 6.07) is 5.20. The first-order valence-corrected chi connectivity index (χ1v) is 11.3. The molecule has 1 unspecified atom stereocenters. The number of hydrogen-bond donors (Lipinski definition) is 0. The lowest BCUT2D eigenvalue weighted by molar-refractivity contribution is -0.136. The van der Waals surface area contributed by atoms with Gasteiger partial charge >= 0.3 is 0 Å². The van der Waals surface area contributed by atoms with Crippen molar-refractivity contribution in [2.45, 2.75) is 46.1 Å². The van der Waals surface area contributed by atoms with Crippen molar-refractivity contribution in [2.75, 3.05) is 26.2 Å². The highest BCUT2D eigenvalue weighted by Crippen LogP contribution is 2.21. The first kappa shape index (κ1) is 21.4. The van der Waals surface area contributed by atoms with Crippen LogP contribution < -0.4 is 0 Å². The summed E-state index contributed by atoms with van der Waals surface area (Å²) in [7, 11) is -3.55. The Labute approximate surface area is 172 Å². The molecular weight excluding hydrogens is 390 g/mol. The van der Waals surface area contributed by atoms with Crippen LogP contribution >= 0.6 is 0 Å². The minimum atomic E-state index is -3.55. The van der Waals surface area contributed by atoms with Crippen molar-refractivity contribution in [3.05, 3.63) is 41.0 Å². The van der Waals surface area contributed by atoms with E-state index in [-0.39, 0.29) is 11.8 Å². The molecule has 9 heteroatoms. The van der Waals surface area contributed by atoms with E-state index >= 15 is 0 Å². The minimum absolute atomic E-state index is 0.0146.